The zero-order valence-electron chi connectivity index (χ0n) is 24.4. The molecule has 0 aliphatic carbocycles. The molecule has 2 aliphatic heterocycles. The van der Waals surface area contributed by atoms with E-state index in [1.165, 1.54) is 0 Å². The minimum absolute atomic E-state index is 0.0446. The number of fused-ring (bicyclic) bond motifs is 2. The third-order valence-corrected chi connectivity index (χ3v) is 9.18. The average molecular weight is 632 g/mol. The fraction of sp³-hybridized carbons (Fsp3) is 0.257. The molecule has 0 saturated heterocycles. The van der Waals surface area contributed by atoms with Crippen LogP contribution in [0.15, 0.2) is 84.9 Å². The molecule has 2 aliphatic rings. The molecule has 0 aromatic heterocycles. The van der Waals surface area contributed by atoms with Crippen LogP contribution < -0.4 is 14.4 Å². The molecule has 0 radical (unpaired) electrons. The Morgan fingerprint density at radius 1 is 1.00 bits per heavy atom. The standard InChI is InChI=1S/C35H32Cl2N2O5/c1-3-29(22-7-5-4-6-8-22)39-19-25-18-32-30(16-24(25)17-31(39)35(41)42)38(2)34(40)33(44-32)23-10-12-26(13-11-23)43-20-21-9-14-27(36)28(37)15-21/h4-16,18,29,31,33H,3,17,19-20H2,1-2H3,(H,41,42)/t29-,31-,33+/m0/s1. The number of nitrogens with zero attached hydrogens (tertiary/aromatic N) is 2. The first-order chi connectivity index (χ1) is 21.2. The lowest BCUT2D eigenvalue weighted by molar-refractivity contribution is -0.145. The Balaban J connectivity index is 1.23. The molecule has 44 heavy (non-hydrogen) atoms. The Bertz CT molecular complexity index is 1700. The van der Waals surface area contributed by atoms with Gasteiger partial charge in [0.15, 0.2) is 0 Å². The first-order valence-electron chi connectivity index (χ1n) is 14.5. The van der Waals surface area contributed by atoms with Gasteiger partial charge in [0.25, 0.3) is 5.91 Å². The molecule has 0 bridgehead atoms. The number of carbonyl (C=O) groups excluding carboxylic acids is 1. The molecule has 226 valence electrons. The van der Waals surface area contributed by atoms with Crippen molar-refractivity contribution in [2.45, 2.75) is 51.1 Å². The quantitative estimate of drug-likeness (QED) is 0.216. The lowest BCUT2D eigenvalue weighted by Crippen LogP contribution is -2.47. The number of anilines is 1. The van der Waals surface area contributed by atoms with E-state index in [0.717, 1.165) is 28.7 Å². The number of rotatable bonds is 8. The molecule has 0 spiro atoms. The predicted octanol–water partition coefficient (Wildman–Crippen LogP) is 7.63. The molecule has 2 heterocycles. The highest BCUT2D eigenvalue weighted by atomic mass is 35.5. The summed E-state index contributed by atoms with van der Waals surface area (Å²) in [7, 11) is 1.73. The number of carbonyl (C=O) groups is 2. The summed E-state index contributed by atoms with van der Waals surface area (Å²) >= 11 is 12.1. The highest BCUT2D eigenvalue weighted by Gasteiger charge is 2.39. The second-order valence-electron chi connectivity index (χ2n) is 11.2. The summed E-state index contributed by atoms with van der Waals surface area (Å²) in [5.41, 5.74) is 5.24. The Morgan fingerprint density at radius 3 is 2.43 bits per heavy atom. The number of aliphatic carboxylic acids is 1. The maximum Gasteiger partial charge on any atom is 0.321 e. The molecule has 1 N–H and O–H groups in total. The van der Waals surface area contributed by atoms with Crippen molar-refractivity contribution in [3.05, 3.63) is 123 Å². The Labute approximate surface area is 266 Å². The van der Waals surface area contributed by atoms with E-state index in [0.29, 0.717) is 52.4 Å². The minimum Gasteiger partial charge on any atom is -0.489 e. The summed E-state index contributed by atoms with van der Waals surface area (Å²) in [6.45, 7) is 2.86. The smallest absolute Gasteiger partial charge is 0.321 e. The number of hydrogen-bond acceptors (Lipinski definition) is 5. The van der Waals surface area contributed by atoms with E-state index in [9.17, 15) is 14.7 Å². The van der Waals surface area contributed by atoms with Crippen LogP contribution in [0.1, 0.15) is 53.3 Å². The molecular weight excluding hydrogens is 599 g/mol. The topological polar surface area (TPSA) is 79.3 Å². The second kappa shape index (κ2) is 12.5. The molecule has 4 aromatic carbocycles. The van der Waals surface area contributed by atoms with E-state index in [1.807, 2.05) is 72.8 Å². The summed E-state index contributed by atoms with van der Waals surface area (Å²) in [4.78, 5) is 29.6. The van der Waals surface area contributed by atoms with Crippen LogP contribution in [0.4, 0.5) is 5.69 Å². The van der Waals surface area contributed by atoms with Gasteiger partial charge in [-0.05, 0) is 71.5 Å². The molecule has 1 amide bonds. The summed E-state index contributed by atoms with van der Waals surface area (Å²) < 4.78 is 12.3. The first-order valence-corrected chi connectivity index (χ1v) is 15.3. The van der Waals surface area contributed by atoms with Crippen LogP contribution in [0.5, 0.6) is 11.5 Å². The van der Waals surface area contributed by atoms with Crippen LogP contribution in [0.25, 0.3) is 0 Å². The van der Waals surface area contributed by atoms with Crippen LogP contribution in [0.2, 0.25) is 10.0 Å². The lowest BCUT2D eigenvalue weighted by Gasteiger charge is -2.41. The molecule has 3 atom stereocenters. The van der Waals surface area contributed by atoms with Gasteiger partial charge in [0.2, 0.25) is 6.10 Å². The van der Waals surface area contributed by atoms with Gasteiger partial charge < -0.3 is 19.5 Å². The fourth-order valence-corrected chi connectivity index (χ4v) is 6.41. The third kappa shape index (κ3) is 5.87. The Hall–Kier alpha value is -4.04. The van der Waals surface area contributed by atoms with Gasteiger partial charge in [0.1, 0.15) is 24.1 Å². The molecule has 0 fully saturated rings. The van der Waals surface area contributed by atoms with Crippen molar-refractivity contribution < 1.29 is 24.2 Å². The number of amides is 1. The number of benzene rings is 4. The third-order valence-electron chi connectivity index (χ3n) is 8.44. The summed E-state index contributed by atoms with van der Waals surface area (Å²) in [5, 5.41) is 11.2. The van der Waals surface area contributed by atoms with Crippen molar-refractivity contribution in [1.82, 2.24) is 4.90 Å². The summed E-state index contributed by atoms with van der Waals surface area (Å²) in [6, 6.07) is 25.8. The molecule has 4 aromatic rings. The fourth-order valence-electron chi connectivity index (χ4n) is 6.09. The average Bonchev–Trinajstić information content (AvgIpc) is 3.03. The van der Waals surface area contributed by atoms with Gasteiger partial charge in [0, 0.05) is 25.2 Å². The van der Waals surface area contributed by atoms with E-state index < -0.39 is 18.1 Å². The largest absolute Gasteiger partial charge is 0.489 e. The van der Waals surface area contributed by atoms with Crippen LogP contribution in [-0.4, -0.2) is 35.0 Å². The SMILES string of the molecule is CC[C@@H](c1ccccc1)N1Cc2cc3c(cc2C[C@H]1C(=O)O)N(C)C(=O)[C@@H](c1ccc(OCc2ccc(Cl)c(Cl)c2)cc1)O3. The second-order valence-corrected chi connectivity index (χ2v) is 12.0. The summed E-state index contributed by atoms with van der Waals surface area (Å²) in [6.07, 6.45) is 0.293. The number of halogens is 2. The van der Waals surface area contributed by atoms with Crippen molar-refractivity contribution in [2.75, 3.05) is 11.9 Å². The number of hydrogen-bond donors (Lipinski definition) is 1. The van der Waals surface area contributed by atoms with Gasteiger partial charge in [0.05, 0.1) is 15.7 Å². The van der Waals surface area contributed by atoms with Gasteiger partial charge in [-0.2, -0.15) is 0 Å². The Kier molecular flexibility index (Phi) is 8.54. The molecular formula is C35H32Cl2N2O5. The molecule has 0 unspecified atom stereocenters. The zero-order valence-corrected chi connectivity index (χ0v) is 25.9. The highest BCUT2D eigenvalue weighted by molar-refractivity contribution is 6.42. The van der Waals surface area contributed by atoms with E-state index in [4.69, 9.17) is 32.7 Å². The minimum atomic E-state index is -0.854. The van der Waals surface area contributed by atoms with E-state index in [2.05, 4.69) is 11.8 Å². The maximum absolute atomic E-state index is 13.5. The van der Waals surface area contributed by atoms with E-state index in [-0.39, 0.29) is 11.9 Å². The van der Waals surface area contributed by atoms with Crippen LogP contribution in [0, 0.1) is 0 Å². The number of carboxylic acid groups (broad SMARTS) is 1. The van der Waals surface area contributed by atoms with Crippen molar-refractivity contribution in [3.63, 3.8) is 0 Å². The van der Waals surface area contributed by atoms with Gasteiger partial charge in [-0.15, -0.1) is 0 Å². The zero-order chi connectivity index (χ0) is 31.0. The molecule has 0 saturated carbocycles. The van der Waals surface area contributed by atoms with Gasteiger partial charge in [-0.3, -0.25) is 14.5 Å². The molecule has 6 rings (SSSR count). The number of likely N-dealkylation sites (N-methyl/N-ethyl adjacent to an activating group) is 1. The van der Waals surface area contributed by atoms with Crippen molar-refractivity contribution >= 4 is 40.8 Å². The normalized spacial score (nSPS) is 18.6. The lowest BCUT2D eigenvalue weighted by atomic mass is 9.89. The van der Waals surface area contributed by atoms with Crippen molar-refractivity contribution in [2.24, 2.45) is 0 Å². The Morgan fingerprint density at radius 2 is 1.75 bits per heavy atom. The van der Waals surface area contributed by atoms with Crippen LogP contribution in [0.3, 0.4) is 0 Å². The molecule has 9 heteroatoms. The van der Waals surface area contributed by atoms with Crippen molar-refractivity contribution in [1.29, 1.82) is 0 Å². The maximum atomic E-state index is 13.5. The van der Waals surface area contributed by atoms with Gasteiger partial charge >= 0.3 is 5.97 Å². The predicted molar refractivity (Wildman–Crippen MR) is 171 cm³/mol. The van der Waals surface area contributed by atoms with E-state index in [1.54, 1.807) is 24.1 Å². The highest BCUT2D eigenvalue weighted by Crippen LogP contribution is 2.43. The number of carboxylic acids is 1. The van der Waals surface area contributed by atoms with Crippen LogP contribution >= 0.6 is 23.2 Å². The monoisotopic (exact) mass is 630 g/mol. The van der Waals surface area contributed by atoms with Gasteiger partial charge in [-0.1, -0.05) is 78.7 Å². The number of ether oxygens (including phenoxy) is 2. The van der Waals surface area contributed by atoms with E-state index >= 15 is 0 Å². The summed E-state index contributed by atoms with van der Waals surface area (Å²) in [5.74, 6) is 0.178. The van der Waals surface area contributed by atoms with Crippen LogP contribution in [-0.2, 0) is 29.2 Å². The first kappa shape index (κ1) is 30.0. The molecule has 7 nitrogen and oxygen atoms in total. The van der Waals surface area contributed by atoms with Crippen molar-refractivity contribution in [3.8, 4) is 11.5 Å². The van der Waals surface area contributed by atoms with Gasteiger partial charge in [-0.25, -0.2) is 0 Å².